The Bertz CT molecular complexity index is 145. The van der Waals surface area contributed by atoms with Crippen LogP contribution in [0.25, 0.3) is 0 Å². The van der Waals surface area contributed by atoms with Gasteiger partial charge in [0.15, 0.2) is 6.10 Å². The lowest BCUT2D eigenvalue weighted by Gasteiger charge is -2.24. The number of esters is 1. The highest BCUT2D eigenvalue weighted by Crippen LogP contribution is 2.14. The summed E-state index contributed by atoms with van der Waals surface area (Å²) in [5.74, 6) is -0.399. The van der Waals surface area contributed by atoms with E-state index in [4.69, 9.17) is 9.84 Å². The summed E-state index contributed by atoms with van der Waals surface area (Å²) in [6.45, 7) is 0.431. The van der Waals surface area contributed by atoms with Crippen LogP contribution in [0.4, 0.5) is 0 Å². The standard InChI is InChI=1S/C7H12O4/c1-10-7(9)6-4-5(8)2-3-11-6/h5-6,8H,2-4H2,1H3/t5-,6-/m0/s1. The Kier molecular flexibility index (Phi) is 2.84. The summed E-state index contributed by atoms with van der Waals surface area (Å²) < 4.78 is 9.53. The number of hydrogen-bond donors (Lipinski definition) is 1. The average molecular weight is 160 g/mol. The Morgan fingerprint density at radius 2 is 2.45 bits per heavy atom. The van der Waals surface area contributed by atoms with Crippen LogP contribution in [-0.4, -0.2) is 37.0 Å². The maximum Gasteiger partial charge on any atom is 0.335 e. The molecule has 0 radical (unpaired) electrons. The van der Waals surface area contributed by atoms with Crippen molar-refractivity contribution in [2.45, 2.75) is 25.0 Å². The van der Waals surface area contributed by atoms with E-state index in [1.807, 2.05) is 0 Å². The summed E-state index contributed by atoms with van der Waals surface area (Å²) in [4.78, 5) is 10.9. The number of ether oxygens (including phenoxy) is 2. The molecule has 0 saturated carbocycles. The lowest BCUT2D eigenvalue weighted by Crippen LogP contribution is -2.35. The van der Waals surface area contributed by atoms with Gasteiger partial charge < -0.3 is 14.6 Å². The van der Waals surface area contributed by atoms with Crippen molar-refractivity contribution in [1.82, 2.24) is 0 Å². The lowest BCUT2D eigenvalue weighted by atomic mass is 10.1. The number of carbonyl (C=O) groups excluding carboxylic acids is 1. The summed E-state index contributed by atoms with van der Waals surface area (Å²) in [5.41, 5.74) is 0. The Morgan fingerprint density at radius 1 is 1.73 bits per heavy atom. The van der Waals surface area contributed by atoms with Crippen molar-refractivity contribution in [2.24, 2.45) is 0 Å². The minimum atomic E-state index is -0.566. The molecule has 4 heteroatoms. The highest BCUT2D eigenvalue weighted by Gasteiger charge is 2.27. The van der Waals surface area contributed by atoms with E-state index in [1.54, 1.807) is 0 Å². The molecule has 1 N–H and O–H groups in total. The molecule has 11 heavy (non-hydrogen) atoms. The van der Waals surface area contributed by atoms with Gasteiger partial charge in [0, 0.05) is 6.42 Å². The first-order valence-electron chi connectivity index (χ1n) is 3.61. The number of carbonyl (C=O) groups is 1. The van der Waals surface area contributed by atoms with E-state index >= 15 is 0 Å². The van der Waals surface area contributed by atoms with Crippen molar-refractivity contribution in [1.29, 1.82) is 0 Å². The zero-order valence-corrected chi connectivity index (χ0v) is 6.45. The molecule has 0 unspecified atom stereocenters. The Balaban J connectivity index is 2.39. The third kappa shape index (κ3) is 2.17. The molecule has 0 aromatic carbocycles. The number of hydrogen-bond acceptors (Lipinski definition) is 4. The first kappa shape index (κ1) is 8.49. The van der Waals surface area contributed by atoms with Crippen LogP contribution in [0.2, 0.25) is 0 Å². The SMILES string of the molecule is COC(=O)[C@@H]1C[C@@H](O)CCO1. The Morgan fingerprint density at radius 3 is 3.00 bits per heavy atom. The van der Waals surface area contributed by atoms with Crippen LogP contribution < -0.4 is 0 Å². The van der Waals surface area contributed by atoms with Crippen LogP contribution in [0.3, 0.4) is 0 Å². The first-order chi connectivity index (χ1) is 5.24. The monoisotopic (exact) mass is 160 g/mol. The van der Waals surface area contributed by atoms with E-state index in [-0.39, 0.29) is 0 Å². The smallest absolute Gasteiger partial charge is 0.335 e. The summed E-state index contributed by atoms with van der Waals surface area (Å²) in [6, 6.07) is 0. The lowest BCUT2D eigenvalue weighted by molar-refractivity contribution is -0.160. The predicted molar refractivity (Wildman–Crippen MR) is 37.0 cm³/mol. The third-order valence-electron chi connectivity index (χ3n) is 1.72. The normalized spacial score (nSPS) is 31.5. The quantitative estimate of drug-likeness (QED) is 0.535. The second-order valence-corrected chi connectivity index (χ2v) is 2.56. The van der Waals surface area contributed by atoms with Crippen molar-refractivity contribution < 1.29 is 19.4 Å². The molecule has 0 amide bonds. The average Bonchev–Trinajstić information content (AvgIpc) is 2.03. The predicted octanol–water partition coefficient (Wildman–Crippen LogP) is -0.301. The van der Waals surface area contributed by atoms with Gasteiger partial charge in [-0.1, -0.05) is 0 Å². The molecule has 1 rings (SSSR count). The van der Waals surface area contributed by atoms with Crippen molar-refractivity contribution in [3.63, 3.8) is 0 Å². The Hall–Kier alpha value is -0.610. The van der Waals surface area contributed by atoms with Gasteiger partial charge in [-0.3, -0.25) is 0 Å². The van der Waals surface area contributed by atoms with Crippen LogP contribution in [0.15, 0.2) is 0 Å². The van der Waals surface area contributed by atoms with Gasteiger partial charge >= 0.3 is 5.97 Å². The number of aliphatic hydroxyl groups excluding tert-OH is 1. The Labute approximate surface area is 65.1 Å². The largest absolute Gasteiger partial charge is 0.467 e. The number of rotatable bonds is 1. The molecule has 0 aromatic rings. The topological polar surface area (TPSA) is 55.8 Å². The molecule has 4 nitrogen and oxygen atoms in total. The summed E-state index contributed by atoms with van der Waals surface area (Å²) >= 11 is 0. The third-order valence-corrected chi connectivity index (χ3v) is 1.72. The van der Waals surface area contributed by atoms with Crippen LogP contribution in [0.1, 0.15) is 12.8 Å². The summed E-state index contributed by atoms with van der Waals surface area (Å²) in [7, 11) is 1.31. The van der Waals surface area contributed by atoms with E-state index in [2.05, 4.69) is 4.74 Å². The minimum absolute atomic E-state index is 0.354. The van der Waals surface area contributed by atoms with Crippen LogP contribution in [0, 0.1) is 0 Å². The highest BCUT2D eigenvalue weighted by atomic mass is 16.6. The van der Waals surface area contributed by atoms with Gasteiger partial charge in [0.25, 0.3) is 0 Å². The molecule has 1 fully saturated rings. The maximum atomic E-state index is 10.9. The van der Waals surface area contributed by atoms with Crippen molar-refractivity contribution >= 4 is 5.97 Å². The molecule has 0 bridgehead atoms. The van der Waals surface area contributed by atoms with Gasteiger partial charge in [-0.25, -0.2) is 4.79 Å². The molecule has 0 aromatic heterocycles. The van der Waals surface area contributed by atoms with Gasteiger partial charge in [0.05, 0.1) is 19.8 Å². The fraction of sp³-hybridized carbons (Fsp3) is 0.857. The van der Waals surface area contributed by atoms with E-state index in [9.17, 15) is 4.79 Å². The molecule has 0 spiro atoms. The van der Waals surface area contributed by atoms with Crippen molar-refractivity contribution in [3.8, 4) is 0 Å². The molecule has 1 heterocycles. The van der Waals surface area contributed by atoms with E-state index in [0.29, 0.717) is 19.4 Å². The molecule has 2 atom stereocenters. The summed E-state index contributed by atoms with van der Waals surface area (Å²) in [6.07, 6.45) is -0.0308. The van der Waals surface area contributed by atoms with E-state index in [0.717, 1.165) is 0 Å². The van der Waals surface area contributed by atoms with Gasteiger partial charge in [0.2, 0.25) is 0 Å². The van der Waals surface area contributed by atoms with E-state index in [1.165, 1.54) is 7.11 Å². The maximum absolute atomic E-state index is 10.9. The first-order valence-corrected chi connectivity index (χ1v) is 3.61. The molecule has 1 saturated heterocycles. The van der Waals surface area contributed by atoms with Crippen LogP contribution in [0.5, 0.6) is 0 Å². The van der Waals surface area contributed by atoms with Gasteiger partial charge in [-0.05, 0) is 6.42 Å². The van der Waals surface area contributed by atoms with Crippen LogP contribution in [-0.2, 0) is 14.3 Å². The molecule has 0 aliphatic carbocycles. The van der Waals surface area contributed by atoms with Crippen molar-refractivity contribution in [2.75, 3.05) is 13.7 Å². The molecule has 64 valence electrons. The highest BCUT2D eigenvalue weighted by molar-refractivity contribution is 5.74. The second-order valence-electron chi connectivity index (χ2n) is 2.56. The van der Waals surface area contributed by atoms with Crippen LogP contribution >= 0.6 is 0 Å². The molecular formula is C7H12O4. The molecule has 1 aliphatic heterocycles. The number of aliphatic hydroxyl groups is 1. The minimum Gasteiger partial charge on any atom is -0.467 e. The number of methoxy groups -OCH3 is 1. The molecular weight excluding hydrogens is 148 g/mol. The fourth-order valence-corrected chi connectivity index (χ4v) is 1.08. The van der Waals surface area contributed by atoms with Gasteiger partial charge in [0.1, 0.15) is 0 Å². The zero-order chi connectivity index (χ0) is 8.27. The van der Waals surface area contributed by atoms with E-state index < -0.39 is 18.2 Å². The van der Waals surface area contributed by atoms with Gasteiger partial charge in [-0.15, -0.1) is 0 Å². The van der Waals surface area contributed by atoms with Gasteiger partial charge in [-0.2, -0.15) is 0 Å². The molecule has 1 aliphatic rings. The van der Waals surface area contributed by atoms with Crippen molar-refractivity contribution in [3.05, 3.63) is 0 Å². The summed E-state index contributed by atoms with van der Waals surface area (Å²) in [5, 5.41) is 9.14. The second kappa shape index (κ2) is 3.69. The fourth-order valence-electron chi connectivity index (χ4n) is 1.08. The zero-order valence-electron chi connectivity index (χ0n) is 6.45.